The Kier molecular flexibility index (Phi) is 10.2. The first kappa shape index (κ1) is 25.2. The van der Waals surface area contributed by atoms with Crippen LogP contribution in [-0.2, 0) is 6.67 Å². The van der Waals surface area contributed by atoms with Gasteiger partial charge < -0.3 is 0 Å². The second-order valence-corrected chi connectivity index (χ2v) is 12.2. The third-order valence-electron chi connectivity index (χ3n) is 10.1. The topological polar surface area (TPSA) is 0 Å². The molecule has 186 valence electrons. The Hall–Kier alpha value is -0.850. The summed E-state index contributed by atoms with van der Waals surface area (Å²) in [6.45, 7) is 1.99. The molecule has 0 saturated heterocycles. The summed E-state index contributed by atoms with van der Waals surface area (Å²) in [7, 11) is 0. The second kappa shape index (κ2) is 13.3. The zero-order valence-corrected chi connectivity index (χ0v) is 21.6. The van der Waals surface area contributed by atoms with Gasteiger partial charge in [-0.15, -0.1) is 0 Å². The van der Waals surface area contributed by atoms with Crippen LogP contribution in [0.1, 0.15) is 140 Å². The Morgan fingerprint density at radius 1 is 0.606 bits per heavy atom. The SMILES string of the molecule is CCCCCC1CCC(C2CCC(CCC3CCC(c4ccc(CF)cc4)CC3)CC2)CC1. The lowest BCUT2D eigenvalue weighted by Gasteiger charge is -2.38. The maximum absolute atomic E-state index is 12.8. The smallest absolute Gasteiger partial charge is 0.115 e. The molecular formula is C32H51F. The van der Waals surface area contributed by atoms with Crippen LogP contribution in [0.15, 0.2) is 24.3 Å². The fourth-order valence-electron chi connectivity index (χ4n) is 7.71. The molecule has 1 aromatic rings. The van der Waals surface area contributed by atoms with Crippen molar-refractivity contribution in [1.29, 1.82) is 0 Å². The number of unbranched alkanes of at least 4 members (excludes halogenated alkanes) is 2. The zero-order valence-electron chi connectivity index (χ0n) is 21.6. The minimum absolute atomic E-state index is 0.338. The van der Waals surface area contributed by atoms with Gasteiger partial charge in [-0.25, -0.2) is 4.39 Å². The maximum atomic E-state index is 12.8. The van der Waals surface area contributed by atoms with Crippen molar-refractivity contribution >= 4 is 0 Å². The van der Waals surface area contributed by atoms with Crippen molar-refractivity contribution in [3.05, 3.63) is 35.4 Å². The highest BCUT2D eigenvalue weighted by atomic mass is 19.1. The van der Waals surface area contributed by atoms with Crippen molar-refractivity contribution in [2.75, 3.05) is 0 Å². The summed E-state index contributed by atoms with van der Waals surface area (Å²) in [6.07, 6.45) is 26.6. The molecule has 0 aliphatic heterocycles. The fourth-order valence-corrected chi connectivity index (χ4v) is 7.71. The summed E-state index contributed by atoms with van der Waals surface area (Å²) >= 11 is 0. The molecule has 4 rings (SSSR count). The average molecular weight is 455 g/mol. The van der Waals surface area contributed by atoms with E-state index in [1.807, 2.05) is 12.1 Å². The molecule has 0 aromatic heterocycles. The number of hydrogen-bond donors (Lipinski definition) is 0. The molecule has 0 bridgehead atoms. The highest BCUT2D eigenvalue weighted by Crippen LogP contribution is 2.44. The van der Waals surface area contributed by atoms with Gasteiger partial charge in [-0.05, 0) is 98.0 Å². The predicted molar refractivity (Wildman–Crippen MR) is 140 cm³/mol. The minimum Gasteiger partial charge on any atom is -0.246 e. The van der Waals surface area contributed by atoms with Crippen LogP contribution in [0.4, 0.5) is 4.39 Å². The van der Waals surface area contributed by atoms with Crippen molar-refractivity contribution < 1.29 is 4.39 Å². The standard InChI is InChI=1S/C32H51F/c1-2-3-4-5-25-8-16-29(17-9-25)30-18-10-26(11-19-30)6-7-27-12-20-31(21-13-27)32-22-14-28(24-33)15-23-32/h14-15,22-23,25-27,29-31H,2-13,16-21,24H2,1H3. The monoisotopic (exact) mass is 454 g/mol. The molecule has 0 spiro atoms. The van der Waals surface area contributed by atoms with Gasteiger partial charge in [0.25, 0.3) is 0 Å². The van der Waals surface area contributed by atoms with E-state index in [1.165, 1.54) is 108 Å². The lowest BCUT2D eigenvalue weighted by molar-refractivity contribution is 0.136. The first-order valence-electron chi connectivity index (χ1n) is 14.9. The molecule has 3 saturated carbocycles. The van der Waals surface area contributed by atoms with Crippen molar-refractivity contribution in [1.82, 2.24) is 0 Å². The van der Waals surface area contributed by atoms with Gasteiger partial charge in [0.05, 0.1) is 0 Å². The van der Waals surface area contributed by atoms with Gasteiger partial charge in [-0.3, -0.25) is 0 Å². The Balaban J connectivity index is 1.08. The van der Waals surface area contributed by atoms with Crippen LogP contribution in [0, 0.1) is 29.6 Å². The fraction of sp³-hybridized carbons (Fsp3) is 0.812. The van der Waals surface area contributed by atoms with Crippen LogP contribution in [0.25, 0.3) is 0 Å². The zero-order chi connectivity index (χ0) is 22.9. The Morgan fingerprint density at radius 3 is 1.58 bits per heavy atom. The van der Waals surface area contributed by atoms with E-state index >= 15 is 0 Å². The minimum atomic E-state index is -0.338. The molecule has 1 heteroatoms. The highest BCUT2D eigenvalue weighted by molar-refractivity contribution is 5.25. The Labute approximate surface area is 204 Å². The highest BCUT2D eigenvalue weighted by Gasteiger charge is 2.31. The second-order valence-electron chi connectivity index (χ2n) is 12.2. The number of rotatable bonds is 10. The van der Waals surface area contributed by atoms with Crippen LogP contribution in [0.5, 0.6) is 0 Å². The normalized spacial score (nSPS) is 33.2. The summed E-state index contributed by atoms with van der Waals surface area (Å²) in [6, 6.07) is 8.32. The molecule has 0 nitrogen and oxygen atoms in total. The number of hydrogen-bond acceptors (Lipinski definition) is 0. The van der Waals surface area contributed by atoms with Crippen LogP contribution in [0.3, 0.4) is 0 Å². The van der Waals surface area contributed by atoms with Crippen molar-refractivity contribution in [3.63, 3.8) is 0 Å². The number of alkyl halides is 1. The van der Waals surface area contributed by atoms with Crippen molar-refractivity contribution in [2.24, 2.45) is 29.6 Å². The molecule has 3 fully saturated rings. The maximum Gasteiger partial charge on any atom is 0.115 e. The quantitative estimate of drug-likeness (QED) is 0.308. The van der Waals surface area contributed by atoms with E-state index in [9.17, 15) is 4.39 Å². The van der Waals surface area contributed by atoms with Crippen LogP contribution in [-0.4, -0.2) is 0 Å². The van der Waals surface area contributed by atoms with E-state index in [-0.39, 0.29) is 6.67 Å². The molecule has 1 aromatic carbocycles. The Morgan fingerprint density at radius 2 is 1.09 bits per heavy atom. The van der Waals surface area contributed by atoms with Gasteiger partial charge in [0, 0.05) is 0 Å². The lowest BCUT2D eigenvalue weighted by atomic mass is 9.67. The number of benzene rings is 1. The van der Waals surface area contributed by atoms with Gasteiger partial charge in [0.2, 0.25) is 0 Å². The summed E-state index contributed by atoms with van der Waals surface area (Å²) in [4.78, 5) is 0. The predicted octanol–water partition coefficient (Wildman–Crippen LogP) is 10.4. The third-order valence-corrected chi connectivity index (χ3v) is 10.1. The lowest BCUT2D eigenvalue weighted by Crippen LogP contribution is -2.26. The van der Waals surface area contributed by atoms with Crippen LogP contribution < -0.4 is 0 Å². The van der Waals surface area contributed by atoms with Gasteiger partial charge in [0.15, 0.2) is 0 Å². The molecule has 0 atom stereocenters. The van der Waals surface area contributed by atoms with Gasteiger partial charge in [-0.1, -0.05) is 95.4 Å². The summed E-state index contributed by atoms with van der Waals surface area (Å²) in [5.41, 5.74) is 2.26. The first-order chi connectivity index (χ1) is 16.2. The van der Waals surface area contributed by atoms with Crippen molar-refractivity contribution in [3.8, 4) is 0 Å². The van der Waals surface area contributed by atoms with E-state index < -0.39 is 0 Å². The molecule has 3 aliphatic rings. The molecule has 33 heavy (non-hydrogen) atoms. The Bertz CT molecular complexity index is 640. The van der Waals surface area contributed by atoms with Gasteiger partial charge in [-0.2, -0.15) is 0 Å². The summed E-state index contributed by atoms with van der Waals surface area (Å²) in [5.74, 6) is 5.91. The average Bonchev–Trinajstić information content (AvgIpc) is 2.89. The number of halogens is 1. The molecule has 0 amide bonds. The molecule has 0 N–H and O–H groups in total. The van der Waals surface area contributed by atoms with Gasteiger partial charge >= 0.3 is 0 Å². The summed E-state index contributed by atoms with van der Waals surface area (Å²) in [5, 5.41) is 0. The van der Waals surface area contributed by atoms with E-state index in [4.69, 9.17) is 0 Å². The van der Waals surface area contributed by atoms with Crippen LogP contribution in [0.2, 0.25) is 0 Å². The van der Waals surface area contributed by atoms with Gasteiger partial charge in [0.1, 0.15) is 6.67 Å². The molecule has 3 aliphatic carbocycles. The molecule has 0 radical (unpaired) electrons. The van der Waals surface area contributed by atoms with E-state index in [2.05, 4.69) is 19.1 Å². The largest absolute Gasteiger partial charge is 0.246 e. The van der Waals surface area contributed by atoms with Crippen molar-refractivity contribution in [2.45, 2.75) is 135 Å². The molecule has 0 unspecified atom stereocenters. The van der Waals surface area contributed by atoms with Crippen LogP contribution >= 0.6 is 0 Å². The van der Waals surface area contributed by atoms with E-state index in [0.717, 1.165) is 35.2 Å². The van der Waals surface area contributed by atoms with E-state index in [1.54, 1.807) is 12.8 Å². The first-order valence-corrected chi connectivity index (χ1v) is 14.9. The third kappa shape index (κ3) is 7.57. The molecular weight excluding hydrogens is 403 g/mol. The van der Waals surface area contributed by atoms with E-state index in [0.29, 0.717) is 5.92 Å². The molecule has 0 heterocycles. The summed E-state index contributed by atoms with van der Waals surface area (Å²) < 4.78 is 12.8.